The molecule has 126 valence electrons. The van der Waals surface area contributed by atoms with Crippen LogP contribution in [0.1, 0.15) is 17.4 Å². The highest BCUT2D eigenvalue weighted by Gasteiger charge is 2.06. The van der Waals surface area contributed by atoms with Gasteiger partial charge in [-0.3, -0.25) is 0 Å². The number of ether oxygens (including phenoxy) is 2. The smallest absolute Gasteiger partial charge is 0.161 e. The Labute approximate surface area is 143 Å². The summed E-state index contributed by atoms with van der Waals surface area (Å²) in [6.45, 7) is 6.68. The van der Waals surface area contributed by atoms with Crippen LogP contribution >= 0.6 is 11.3 Å². The molecule has 0 unspecified atom stereocenters. The number of thiophene rings is 1. The first-order chi connectivity index (χ1) is 11.2. The molecule has 0 saturated carbocycles. The average molecular weight is 334 g/mol. The van der Waals surface area contributed by atoms with Crippen LogP contribution < -0.4 is 14.8 Å². The van der Waals surface area contributed by atoms with Crippen LogP contribution in [0.15, 0.2) is 35.7 Å². The molecule has 0 radical (unpaired) electrons. The van der Waals surface area contributed by atoms with Crippen molar-refractivity contribution in [3.8, 4) is 11.5 Å². The Hall–Kier alpha value is -1.56. The Morgan fingerprint density at radius 1 is 1.22 bits per heavy atom. The lowest BCUT2D eigenvalue weighted by Gasteiger charge is -2.15. The molecule has 1 aromatic heterocycles. The highest BCUT2D eigenvalue weighted by molar-refractivity contribution is 7.09. The van der Waals surface area contributed by atoms with Gasteiger partial charge >= 0.3 is 0 Å². The van der Waals surface area contributed by atoms with E-state index in [9.17, 15) is 0 Å². The fourth-order valence-electron chi connectivity index (χ4n) is 2.15. The summed E-state index contributed by atoms with van der Waals surface area (Å²) in [6.07, 6.45) is 0. The van der Waals surface area contributed by atoms with Crippen LogP contribution in [-0.2, 0) is 13.2 Å². The van der Waals surface area contributed by atoms with Gasteiger partial charge in [-0.2, -0.15) is 0 Å². The first-order valence-corrected chi connectivity index (χ1v) is 8.82. The first-order valence-electron chi connectivity index (χ1n) is 7.94. The molecule has 2 aromatic rings. The molecule has 0 amide bonds. The summed E-state index contributed by atoms with van der Waals surface area (Å²) in [5.41, 5.74) is 1.20. The maximum Gasteiger partial charge on any atom is 0.161 e. The molecule has 0 saturated heterocycles. The second-order valence-electron chi connectivity index (χ2n) is 5.43. The van der Waals surface area contributed by atoms with E-state index in [1.165, 1.54) is 10.4 Å². The summed E-state index contributed by atoms with van der Waals surface area (Å²) in [7, 11) is 3.81. The molecule has 0 aliphatic rings. The molecule has 2 rings (SSSR count). The number of nitrogens with zero attached hydrogens (tertiary/aromatic N) is 1. The minimum Gasteiger partial charge on any atom is -0.493 e. The quantitative estimate of drug-likeness (QED) is 0.676. The standard InChI is InChI=1S/C18H26N2O2S/c1-4-20(2)10-9-19-13-15-7-8-17(18(12-15)21-3)22-14-16-6-5-11-23-16/h5-8,11-12,19H,4,9-10,13-14H2,1-3H3. The van der Waals surface area contributed by atoms with Crippen LogP contribution in [0.2, 0.25) is 0 Å². The van der Waals surface area contributed by atoms with Gasteiger partial charge in [0.2, 0.25) is 0 Å². The molecule has 0 atom stereocenters. The molecule has 0 fully saturated rings. The molecule has 0 bridgehead atoms. The van der Waals surface area contributed by atoms with E-state index in [-0.39, 0.29) is 0 Å². The number of hydrogen-bond acceptors (Lipinski definition) is 5. The highest BCUT2D eigenvalue weighted by atomic mass is 32.1. The van der Waals surface area contributed by atoms with Crippen molar-refractivity contribution in [2.45, 2.75) is 20.1 Å². The van der Waals surface area contributed by atoms with E-state index >= 15 is 0 Å². The molecular weight excluding hydrogens is 308 g/mol. The maximum atomic E-state index is 5.86. The van der Waals surface area contributed by atoms with Crippen LogP contribution in [0.3, 0.4) is 0 Å². The lowest BCUT2D eigenvalue weighted by molar-refractivity contribution is 0.287. The van der Waals surface area contributed by atoms with Gasteiger partial charge in [-0.25, -0.2) is 0 Å². The monoisotopic (exact) mass is 334 g/mol. The summed E-state index contributed by atoms with van der Waals surface area (Å²) in [5, 5.41) is 5.51. The molecular formula is C18H26N2O2S. The molecule has 1 N–H and O–H groups in total. The number of nitrogens with one attached hydrogen (secondary N) is 1. The van der Waals surface area contributed by atoms with E-state index in [1.807, 2.05) is 18.2 Å². The van der Waals surface area contributed by atoms with E-state index in [0.717, 1.165) is 37.7 Å². The van der Waals surface area contributed by atoms with E-state index in [2.05, 4.69) is 41.7 Å². The zero-order valence-corrected chi connectivity index (χ0v) is 15.0. The lowest BCUT2D eigenvalue weighted by atomic mass is 10.2. The van der Waals surface area contributed by atoms with Gasteiger partial charge < -0.3 is 19.7 Å². The second-order valence-corrected chi connectivity index (χ2v) is 6.46. The summed E-state index contributed by atoms with van der Waals surface area (Å²) >= 11 is 1.70. The normalized spacial score (nSPS) is 11.0. The van der Waals surface area contributed by atoms with Crippen LogP contribution in [-0.4, -0.2) is 38.7 Å². The number of hydrogen-bond donors (Lipinski definition) is 1. The van der Waals surface area contributed by atoms with Gasteiger partial charge in [0.15, 0.2) is 11.5 Å². The van der Waals surface area contributed by atoms with E-state index in [0.29, 0.717) is 6.61 Å². The van der Waals surface area contributed by atoms with Gasteiger partial charge in [-0.05, 0) is 42.7 Å². The molecule has 0 aliphatic carbocycles. The zero-order chi connectivity index (χ0) is 16.5. The molecule has 1 aromatic carbocycles. The molecule has 5 heteroatoms. The number of rotatable bonds is 10. The van der Waals surface area contributed by atoms with Crippen LogP contribution in [0.4, 0.5) is 0 Å². The Balaban J connectivity index is 1.85. The van der Waals surface area contributed by atoms with Crippen LogP contribution in [0, 0.1) is 0 Å². The van der Waals surface area contributed by atoms with Gasteiger partial charge in [0.25, 0.3) is 0 Å². The Bertz CT molecular complexity index is 572. The van der Waals surface area contributed by atoms with E-state index < -0.39 is 0 Å². The minimum atomic E-state index is 0.578. The van der Waals surface area contributed by atoms with Crippen molar-refractivity contribution in [2.24, 2.45) is 0 Å². The largest absolute Gasteiger partial charge is 0.493 e. The number of benzene rings is 1. The summed E-state index contributed by atoms with van der Waals surface area (Å²) in [6, 6.07) is 10.2. The van der Waals surface area contributed by atoms with Crippen molar-refractivity contribution in [3.63, 3.8) is 0 Å². The third kappa shape index (κ3) is 5.86. The molecule has 1 heterocycles. The lowest BCUT2D eigenvalue weighted by Crippen LogP contribution is -2.28. The zero-order valence-electron chi connectivity index (χ0n) is 14.2. The molecule has 0 spiro atoms. The molecule has 0 aliphatic heterocycles. The average Bonchev–Trinajstić information content (AvgIpc) is 3.10. The fourth-order valence-corrected chi connectivity index (χ4v) is 2.76. The molecule has 4 nitrogen and oxygen atoms in total. The Kier molecular flexibility index (Phi) is 7.39. The Morgan fingerprint density at radius 3 is 2.78 bits per heavy atom. The Morgan fingerprint density at radius 2 is 2.09 bits per heavy atom. The van der Waals surface area contributed by atoms with Crippen LogP contribution in [0.5, 0.6) is 11.5 Å². The second kappa shape index (κ2) is 9.55. The maximum absolute atomic E-state index is 5.86. The van der Waals surface area contributed by atoms with Crippen molar-refractivity contribution in [3.05, 3.63) is 46.2 Å². The topological polar surface area (TPSA) is 33.7 Å². The van der Waals surface area contributed by atoms with Gasteiger partial charge in [0.05, 0.1) is 7.11 Å². The van der Waals surface area contributed by atoms with Crippen molar-refractivity contribution >= 4 is 11.3 Å². The van der Waals surface area contributed by atoms with Crippen molar-refractivity contribution in [1.82, 2.24) is 10.2 Å². The highest BCUT2D eigenvalue weighted by Crippen LogP contribution is 2.29. The van der Waals surface area contributed by atoms with E-state index in [4.69, 9.17) is 9.47 Å². The molecule has 23 heavy (non-hydrogen) atoms. The third-order valence-corrected chi connectivity index (χ3v) is 4.57. The summed E-state index contributed by atoms with van der Waals surface area (Å²) < 4.78 is 11.3. The van der Waals surface area contributed by atoms with Crippen molar-refractivity contribution < 1.29 is 9.47 Å². The predicted octanol–water partition coefficient (Wildman–Crippen LogP) is 3.38. The fraction of sp³-hybridized carbons (Fsp3) is 0.444. The summed E-state index contributed by atoms with van der Waals surface area (Å²) in [5.74, 6) is 1.57. The minimum absolute atomic E-state index is 0.578. The predicted molar refractivity (Wildman–Crippen MR) is 96.5 cm³/mol. The number of likely N-dealkylation sites (N-methyl/N-ethyl adjacent to an activating group) is 1. The summed E-state index contributed by atoms with van der Waals surface area (Å²) in [4.78, 5) is 3.49. The van der Waals surface area contributed by atoms with Gasteiger partial charge in [-0.1, -0.05) is 19.1 Å². The van der Waals surface area contributed by atoms with Gasteiger partial charge in [-0.15, -0.1) is 11.3 Å². The number of methoxy groups -OCH3 is 1. The van der Waals surface area contributed by atoms with Crippen LogP contribution in [0.25, 0.3) is 0 Å². The van der Waals surface area contributed by atoms with Gasteiger partial charge in [0.1, 0.15) is 6.61 Å². The van der Waals surface area contributed by atoms with E-state index in [1.54, 1.807) is 18.4 Å². The van der Waals surface area contributed by atoms with Crippen molar-refractivity contribution in [1.29, 1.82) is 0 Å². The SMILES string of the molecule is CCN(C)CCNCc1ccc(OCc2cccs2)c(OC)c1. The first kappa shape index (κ1) is 17.8. The van der Waals surface area contributed by atoms with Gasteiger partial charge in [0, 0.05) is 24.5 Å². The third-order valence-electron chi connectivity index (χ3n) is 3.72. The van der Waals surface area contributed by atoms with Crippen molar-refractivity contribution in [2.75, 3.05) is 33.8 Å².